The monoisotopic (exact) mass is 292 g/mol. The molecule has 0 aliphatic rings. The lowest BCUT2D eigenvalue weighted by molar-refractivity contribution is 0.305. The molecule has 3 nitrogen and oxygen atoms in total. The minimum Gasteiger partial charge on any atom is -0.489 e. The zero-order valence-electron chi connectivity index (χ0n) is 9.48. The molecule has 17 heavy (non-hydrogen) atoms. The Kier molecular flexibility index (Phi) is 3.98. The second-order valence-corrected chi connectivity index (χ2v) is 4.49. The fraction of sp³-hybridized carbons (Fsp3) is 0.154. The normalized spacial score (nSPS) is 10.0. The first-order valence-corrected chi connectivity index (χ1v) is 6.07. The molecule has 1 aromatic heterocycles. The molecule has 0 unspecified atom stereocenters. The van der Waals surface area contributed by atoms with Crippen molar-refractivity contribution in [3.63, 3.8) is 0 Å². The van der Waals surface area contributed by atoms with Gasteiger partial charge in [0.1, 0.15) is 12.4 Å². The largest absolute Gasteiger partial charge is 0.489 e. The summed E-state index contributed by atoms with van der Waals surface area (Å²) in [5.41, 5.74) is 2.11. The highest BCUT2D eigenvalue weighted by Gasteiger charge is 1.97. The smallest absolute Gasteiger partial charge is 0.119 e. The van der Waals surface area contributed by atoms with E-state index in [1.807, 2.05) is 37.4 Å². The van der Waals surface area contributed by atoms with E-state index in [2.05, 4.69) is 26.2 Å². The molecule has 0 saturated heterocycles. The minimum atomic E-state index is 0.519. The van der Waals surface area contributed by atoms with Crippen molar-refractivity contribution in [3.8, 4) is 5.75 Å². The summed E-state index contributed by atoms with van der Waals surface area (Å²) >= 11 is 3.38. The van der Waals surface area contributed by atoms with Gasteiger partial charge in [-0.2, -0.15) is 0 Å². The highest BCUT2D eigenvalue weighted by atomic mass is 79.9. The molecule has 0 aliphatic heterocycles. The third-order valence-corrected chi connectivity index (χ3v) is 2.74. The highest BCUT2D eigenvalue weighted by molar-refractivity contribution is 9.10. The fourth-order valence-electron chi connectivity index (χ4n) is 1.42. The van der Waals surface area contributed by atoms with E-state index in [4.69, 9.17) is 4.74 Å². The van der Waals surface area contributed by atoms with Crippen LogP contribution in [0.15, 0.2) is 47.2 Å². The van der Waals surface area contributed by atoms with Gasteiger partial charge in [0.25, 0.3) is 0 Å². The molecule has 0 radical (unpaired) electrons. The standard InChI is InChI=1S/C13H13BrN2O/c1-15-12-2-4-13(5-3-12)17-9-10-6-11(14)8-16-7-10/h2-8,15H,9H2,1H3. The molecule has 0 atom stereocenters. The molecule has 2 aromatic rings. The summed E-state index contributed by atoms with van der Waals surface area (Å²) in [6.07, 6.45) is 3.55. The van der Waals surface area contributed by atoms with Crippen molar-refractivity contribution in [1.29, 1.82) is 0 Å². The number of halogens is 1. The molecule has 0 spiro atoms. The Morgan fingerprint density at radius 1 is 1.24 bits per heavy atom. The molecule has 1 heterocycles. The Balaban J connectivity index is 1.97. The van der Waals surface area contributed by atoms with Crippen LogP contribution in [0.5, 0.6) is 5.75 Å². The molecule has 0 saturated carbocycles. The maximum absolute atomic E-state index is 5.66. The summed E-state index contributed by atoms with van der Waals surface area (Å²) in [6.45, 7) is 0.519. The zero-order valence-corrected chi connectivity index (χ0v) is 11.1. The van der Waals surface area contributed by atoms with Crippen LogP contribution in [0.3, 0.4) is 0 Å². The summed E-state index contributed by atoms with van der Waals surface area (Å²) in [5, 5.41) is 3.06. The van der Waals surface area contributed by atoms with Gasteiger partial charge in [0, 0.05) is 35.2 Å². The number of anilines is 1. The van der Waals surface area contributed by atoms with Crippen LogP contribution in [0, 0.1) is 0 Å². The first-order chi connectivity index (χ1) is 8.28. The maximum atomic E-state index is 5.66. The number of nitrogens with zero attached hydrogens (tertiary/aromatic N) is 1. The second kappa shape index (κ2) is 5.68. The Morgan fingerprint density at radius 3 is 2.65 bits per heavy atom. The van der Waals surface area contributed by atoms with Gasteiger partial charge in [-0.05, 0) is 46.3 Å². The number of ether oxygens (including phenoxy) is 1. The predicted octanol–water partition coefficient (Wildman–Crippen LogP) is 3.46. The van der Waals surface area contributed by atoms with Gasteiger partial charge in [-0.3, -0.25) is 4.98 Å². The number of pyridine rings is 1. The molecule has 0 bridgehead atoms. The molecule has 1 N–H and O–H groups in total. The lowest BCUT2D eigenvalue weighted by atomic mass is 10.3. The molecule has 2 rings (SSSR count). The van der Waals surface area contributed by atoms with Crippen LogP contribution in [0.2, 0.25) is 0 Å². The van der Waals surface area contributed by atoms with E-state index in [1.54, 1.807) is 12.4 Å². The van der Waals surface area contributed by atoms with E-state index in [9.17, 15) is 0 Å². The first kappa shape index (κ1) is 11.9. The Morgan fingerprint density at radius 2 is 2.00 bits per heavy atom. The van der Waals surface area contributed by atoms with Gasteiger partial charge < -0.3 is 10.1 Å². The Hall–Kier alpha value is -1.55. The lowest BCUT2D eigenvalue weighted by Crippen LogP contribution is -1.96. The van der Waals surface area contributed by atoms with E-state index >= 15 is 0 Å². The van der Waals surface area contributed by atoms with Gasteiger partial charge in [0.2, 0.25) is 0 Å². The molecule has 0 fully saturated rings. The van der Waals surface area contributed by atoms with Gasteiger partial charge in [-0.1, -0.05) is 0 Å². The van der Waals surface area contributed by atoms with Gasteiger partial charge >= 0.3 is 0 Å². The third kappa shape index (κ3) is 3.46. The van der Waals surface area contributed by atoms with Gasteiger partial charge in [0.05, 0.1) is 0 Å². The van der Waals surface area contributed by atoms with Gasteiger partial charge in [-0.15, -0.1) is 0 Å². The Labute approximate surface area is 109 Å². The first-order valence-electron chi connectivity index (χ1n) is 5.28. The van der Waals surface area contributed by atoms with Crippen LogP contribution in [0.4, 0.5) is 5.69 Å². The molecule has 0 amide bonds. The van der Waals surface area contributed by atoms with E-state index in [0.29, 0.717) is 6.61 Å². The zero-order chi connectivity index (χ0) is 12.1. The van der Waals surface area contributed by atoms with Crippen LogP contribution in [0.1, 0.15) is 5.56 Å². The van der Waals surface area contributed by atoms with Crippen LogP contribution in [-0.2, 0) is 6.61 Å². The van der Waals surface area contributed by atoms with E-state index in [-0.39, 0.29) is 0 Å². The fourth-order valence-corrected chi connectivity index (χ4v) is 1.83. The molecule has 0 aliphatic carbocycles. The second-order valence-electron chi connectivity index (χ2n) is 3.57. The van der Waals surface area contributed by atoms with Crippen molar-refractivity contribution in [1.82, 2.24) is 4.98 Å². The van der Waals surface area contributed by atoms with Gasteiger partial charge in [-0.25, -0.2) is 0 Å². The van der Waals surface area contributed by atoms with Crippen molar-refractivity contribution in [2.45, 2.75) is 6.61 Å². The third-order valence-electron chi connectivity index (χ3n) is 2.31. The van der Waals surface area contributed by atoms with E-state index in [1.165, 1.54) is 0 Å². The summed E-state index contributed by atoms with van der Waals surface area (Å²) in [5.74, 6) is 0.851. The minimum absolute atomic E-state index is 0.519. The van der Waals surface area contributed by atoms with Crippen LogP contribution in [0.25, 0.3) is 0 Å². The molecule has 4 heteroatoms. The van der Waals surface area contributed by atoms with Crippen molar-refractivity contribution >= 4 is 21.6 Å². The SMILES string of the molecule is CNc1ccc(OCc2cncc(Br)c2)cc1. The predicted molar refractivity (Wildman–Crippen MR) is 72.3 cm³/mol. The van der Waals surface area contributed by atoms with Crippen LogP contribution < -0.4 is 10.1 Å². The quantitative estimate of drug-likeness (QED) is 0.937. The number of hydrogen-bond donors (Lipinski definition) is 1. The maximum Gasteiger partial charge on any atom is 0.119 e. The van der Waals surface area contributed by atoms with E-state index < -0.39 is 0 Å². The molecular formula is C13H13BrN2O. The number of aromatic nitrogens is 1. The molecule has 88 valence electrons. The highest BCUT2D eigenvalue weighted by Crippen LogP contribution is 2.17. The van der Waals surface area contributed by atoms with Gasteiger partial charge in [0.15, 0.2) is 0 Å². The summed E-state index contributed by atoms with van der Waals surface area (Å²) in [7, 11) is 1.89. The number of benzene rings is 1. The molecular weight excluding hydrogens is 280 g/mol. The summed E-state index contributed by atoms with van der Waals surface area (Å²) in [4.78, 5) is 4.09. The van der Waals surface area contributed by atoms with Crippen molar-refractivity contribution in [2.24, 2.45) is 0 Å². The van der Waals surface area contributed by atoms with Crippen molar-refractivity contribution < 1.29 is 4.74 Å². The average molecular weight is 293 g/mol. The number of nitrogens with one attached hydrogen (secondary N) is 1. The number of rotatable bonds is 4. The van der Waals surface area contributed by atoms with Crippen molar-refractivity contribution in [2.75, 3.05) is 12.4 Å². The molecule has 1 aromatic carbocycles. The van der Waals surface area contributed by atoms with Crippen molar-refractivity contribution in [3.05, 3.63) is 52.8 Å². The summed E-state index contributed by atoms with van der Waals surface area (Å²) in [6, 6.07) is 9.84. The average Bonchev–Trinajstić information content (AvgIpc) is 2.37. The van der Waals surface area contributed by atoms with Crippen LogP contribution in [-0.4, -0.2) is 12.0 Å². The lowest BCUT2D eigenvalue weighted by Gasteiger charge is -2.07. The topological polar surface area (TPSA) is 34.1 Å². The number of hydrogen-bond acceptors (Lipinski definition) is 3. The van der Waals surface area contributed by atoms with Crippen LogP contribution >= 0.6 is 15.9 Å². The summed E-state index contributed by atoms with van der Waals surface area (Å²) < 4.78 is 6.62. The van der Waals surface area contributed by atoms with E-state index in [0.717, 1.165) is 21.5 Å². The Bertz CT molecular complexity index is 485.